The van der Waals surface area contributed by atoms with Gasteiger partial charge in [-0.3, -0.25) is 38.4 Å². The van der Waals surface area contributed by atoms with E-state index in [1.165, 1.54) is 0 Å². The van der Waals surface area contributed by atoms with Crippen molar-refractivity contribution in [1.82, 2.24) is 0 Å². The Labute approximate surface area is 324 Å². The summed E-state index contributed by atoms with van der Waals surface area (Å²) in [5, 5.41) is 9.86. The van der Waals surface area contributed by atoms with Crippen molar-refractivity contribution in [3.8, 4) is 11.5 Å². The minimum atomic E-state index is -1.88. The molecular formula is C35H42O22. The Hall–Kier alpha value is -6.03. The Morgan fingerprint density at radius 3 is 1.14 bits per heavy atom. The van der Waals surface area contributed by atoms with Gasteiger partial charge in [0.25, 0.3) is 0 Å². The molecule has 0 spiro atoms. The summed E-state index contributed by atoms with van der Waals surface area (Å²) < 4.78 is 66.7. The van der Waals surface area contributed by atoms with Crippen molar-refractivity contribution in [3.63, 3.8) is 0 Å². The fourth-order valence-corrected chi connectivity index (χ4v) is 5.65. The SMILES string of the molecule is CC(=O)OC[C@@H]1O[C@H](Oc2ccc(C(=O)O)cc2O[C@@H]2O[C@H](COC(C)=O)[C@@H](OC(C)=O)[C@@H](OC(C)=O)[C@@H]2OC(C)=O)[C@@H](OC(C)=O)[C@H](OC(C)=O)[C@H]1OC(C)=O. The molecule has 0 amide bonds. The van der Waals surface area contributed by atoms with Crippen molar-refractivity contribution in [1.29, 1.82) is 0 Å². The molecule has 0 saturated carbocycles. The number of rotatable bonds is 15. The predicted octanol–water partition coefficient (Wildman–Crippen LogP) is 0.309. The lowest BCUT2D eigenvalue weighted by Crippen LogP contribution is -2.64. The van der Waals surface area contributed by atoms with Crippen LogP contribution in [0.1, 0.15) is 65.7 Å². The summed E-state index contributed by atoms with van der Waals surface area (Å²) in [5.74, 6) is -9.55. The third-order valence-corrected chi connectivity index (χ3v) is 7.57. The summed E-state index contributed by atoms with van der Waals surface area (Å²) in [6.45, 7) is 6.94. The lowest BCUT2D eigenvalue weighted by Gasteiger charge is -2.44. The quantitative estimate of drug-likeness (QED) is 0.184. The second kappa shape index (κ2) is 20.2. The number of carbonyl (C=O) groups is 9. The molecule has 22 nitrogen and oxygen atoms in total. The van der Waals surface area contributed by atoms with Gasteiger partial charge >= 0.3 is 53.7 Å². The van der Waals surface area contributed by atoms with Crippen LogP contribution < -0.4 is 9.47 Å². The minimum absolute atomic E-state index is 0.409. The van der Waals surface area contributed by atoms with Crippen molar-refractivity contribution >= 4 is 53.7 Å². The maximum absolute atomic E-state index is 12.4. The van der Waals surface area contributed by atoms with Crippen molar-refractivity contribution in [2.45, 2.75) is 117 Å². The summed E-state index contributed by atoms with van der Waals surface area (Å²) >= 11 is 0. The maximum Gasteiger partial charge on any atom is 0.335 e. The highest BCUT2D eigenvalue weighted by atomic mass is 16.8. The van der Waals surface area contributed by atoms with E-state index in [-0.39, 0.29) is 0 Å². The lowest BCUT2D eigenvalue weighted by molar-refractivity contribution is -0.292. The molecule has 2 heterocycles. The molecule has 2 saturated heterocycles. The van der Waals surface area contributed by atoms with Crippen LogP contribution in [0.5, 0.6) is 11.5 Å². The monoisotopic (exact) mass is 814 g/mol. The van der Waals surface area contributed by atoms with Crippen molar-refractivity contribution in [2.75, 3.05) is 13.2 Å². The first-order valence-electron chi connectivity index (χ1n) is 17.0. The molecule has 0 aliphatic carbocycles. The smallest absolute Gasteiger partial charge is 0.335 e. The third-order valence-electron chi connectivity index (χ3n) is 7.57. The minimum Gasteiger partial charge on any atom is -0.478 e. The van der Waals surface area contributed by atoms with Gasteiger partial charge in [-0.1, -0.05) is 0 Å². The van der Waals surface area contributed by atoms with E-state index in [2.05, 4.69) is 0 Å². The molecule has 2 aliphatic heterocycles. The highest BCUT2D eigenvalue weighted by Crippen LogP contribution is 2.38. The molecule has 22 heteroatoms. The topological polar surface area (TPSA) is 285 Å². The molecule has 1 aromatic rings. The molecular weight excluding hydrogens is 772 g/mol. The van der Waals surface area contributed by atoms with Gasteiger partial charge in [-0.2, -0.15) is 0 Å². The fourth-order valence-electron chi connectivity index (χ4n) is 5.65. The van der Waals surface area contributed by atoms with Crippen LogP contribution in [0.3, 0.4) is 0 Å². The van der Waals surface area contributed by atoms with E-state index in [1.807, 2.05) is 0 Å². The zero-order valence-corrected chi connectivity index (χ0v) is 31.9. The Morgan fingerprint density at radius 1 is 0.474 bits per heavy atom. The number of ether oxygens (including phenoxy) is 12. The zero-order chi connectivity index (χ0) is 42.7. The van der Waals surface area contributed by atoms with Gasteiger partial charge in [0.15, 0.2) is 35.9 Å². The molecule has 10 atom stereocenters. The third kappa shape index (κ3) is 13.3. The molecule has 2 aliphatic rings. The Balaban J connectivity index is 2.20. The van der Waals surface area contributed by atoms with E-state index in [1.54, 1.807) is 0 Å². The second-order valence-electron chi connectivity index (χ2n) is 12.3. The van der Waals surface area contributed by atoms with Crippen molar-refractivity contribution < 1.29 is 105 Å². The number of carbonyl (C=O) groups excluding carboxylic acids is 8. The molecule has 57 heavy (non-hydrogen) atoms. The van der Waals surface area contributed by atoms with Crippen LogP contribution in [0.4, 0.5) is 0 Å². The summed E-state index contributed by atoms with van der Waals surface area (Å²) in [4.78, 5) is 109. The highest BCUT2D eigenvalue weighted by molar-refractivity contribution is 5.88. The average molecular weight is 815 g/mol. The second-order valence-corrected chi connectivity index (χ2v) is 12.3. The normalized spacial score (nSPS) is 26.6. The van der Waals surface area contributed by atoms with E-state index >= 15 is 0 Å². The summed E-state index contributed by atoms with van der Waals surface area (Å²) in [6, 6.07) is 3.05. The van der Waals surface area contributed by atoms with Gasteiger partial charge < -0.3 is 61.9 Å². The number of hydrogen-bond donors (Lipinski definition) is 1. The van der Waals surface area contributed by atoms with E-state index in [4.69, 9.17) is 56.8 Å². The van der Waals surface area contributed by atoms with E-state index in [9.17, 15) is 48.3 Å². The van der Waals surface area contributed by atoms with Crippen LogP contribution in [-0.2, 0) is 85.7 Å². The summed E-state index contributed by atoms with van der Waals surface area (Å²) in [7, 11) is 0. The van der Waals surface area contributed by atoms with Gasteiger partial charge in [-0.15, -0.1) is 0 Å². The van der Waals surface area contributed by atoms with Gasteiger partial charge in [-0.05, 0) is 18.2 Å². The molecule has 2 fully saturated rings. The van der Waals surface area contributed by atoms with Crippen LogP contribution >= 0.6 is 0 Å². The number of benzene rings is 1. The molecule has 0 radical (unpaired) electrons. The van der Waals surface area contributed by atoms with E-state index in [0.717, 1.165) is 73.6 Å². The first kappa shape index (κ1) is 45.4. The van der Waals surface area contributed by atoms with Gasteiger partial charge in [-0.25, -0.2) is 4.79 Å². The summed E-state index contributed by atoms with van der Waals surface area (Å²) in [5.41, 5.74) is -0.412. The molecule has 0 aromatic heterocycles. The number of esters is 8. The number of carboxylic acid groups (broad SMARTS) is 1. The molecule has 0 unspecified atom stereocenters. The fraction of sp³-hybridized carbons (Fsp3) is 0.571. The van der Waals surface area contributed by atoms with Crippen molar-refractivity contribution in [2.24, 2.45) is 0 Å². The van der Waals surface area contributed by atoms with Crippen LogP contribution in [-0.4, -0.2) is 133 Å². The van der Waals surface area contributed by atoms with Gasteiger partial charge in [0.1, 0.15) is 25.4 Å². The standard InChI is InChI=1S/C35H42O22/c1-14(36)46-12-25-27(48-16(3)38)29(50-18(5)40)31(52-20(7)42)34(56-25)54-23-10-9-22(33(44)45)11-24(23)55-35-32(53-21(8)43)30(51-19(6)41)28(49-17(4)39)26(57-35)13-47-15(2)37/h9-11,25-32,34-35H,12-13H2,1-8H3,(H,44,45)/t25-,26+,27-,28+,29+,30+,31-,32-,34-,35+/m0/s1. The van der Waals surface area contributed by atoms with Crippen LogP contribution in [0, 0.1) is 0 Å². The van der Waals surface area contributed by atoms with Crippen molar-refractivity contribution in [3.05, 3.63) is 23.8 Å². The first-order chi connectivity index (χ1) is 26.7. The lowest BCUT2D eigenvalue weighted by atomic mass is 9.98. The van der Waals surface area contributed by atoms with Crippen LogP contribution in [0.2, 0.25) is 0 Å². The zero-order valence-electron chi connectivity index (χ0n) is 31.9. The Kier molecular flexibility index (Phi) is 16.1. The Bertz CT molecular complexity index is 1700. The molecule has 1 N–H and O–H groups in total. The highest BCUT2D eigenvalue weighted by Gasteiger charge is 2.55. The molecule has 1 aromatic carbocycles. The molecule has 3 rings (SSSR count). The van der Waals surface area contributed by atoms with Gasteiger partial charge in [0.2, 0.25) is 24.8 Å². The first-order valence-corrected chi connectivity index (χ1v) is 17.0. The van der Waals surface area contributed by atoms with Gasteiger partial charge in [0, 0.05) is 55.4 Å². The number of hydrogen-bond acceptors (Lipinski definition) is 21. The van der Waals surface area contributed by atoms with E-state index < -0.39 is 145 Å². The number of carboxylic acids is 1. The largest absolute Gasteiger partial charge is 0.478 e. The van der Waals surface area contributed by atoms with Crippen LogP contribution in [0.25, 0.3) is 0 Å². The maximum atomic E-state index is 12.4. The molecule has 0 bridgehead atoms. The average Bonchev–Trinajstić information content (AvgIpc) is 3.07. The van der Waals surface area contributed by atoms with Gasteiger partial charge in [0.05, 0.1) is 5.56 Å². The van der Waals surface area contributed by atoms with E-state index in [0.29, 0.717) is 0 Å². The predicted molar refractivity (Wildman–Crippen MR) is 179 cm³/mol. The molecule has 314 valence electrons. The summed E-state index contributed by atoms with van der Waals surface area (Å²) in [6.07, 6.45) is -16.6. The number of aromatic carboxylic acids is 1. The Morgan fingerprint density at radius 2 is 0.807 bits per heavy atom. The van der Waals surface area contributed by atoms with Crippen LogP contribution in [0.15, 0.2) is 18.2 Å².